The number of aromatic amines is 1. The van der Waals surface area contributed by atoms with Crippen LogP contribution in [0, 0.1) is 6.92 Å². The van der Waals surface area contributed by atoms with Crippen molar-refractivity contribution in [3.8, 4) is 5.75 Å². The van der Waals surface area contributed by atoms with Crippen molar-refractivity contribution in [3.63, 3.8) is 0 Å². The van der Waals surface area contributed by atoms with E-state index in [0.29, 0.717) is 44.3 Å². The standard InChI is InChI=1S/C17H17N3O3S/c1-4-12-19-15(21)13-9(2)14(24-17(13)20-12)16(22)18-10-7-5-6-8-11(10)23-3/h5-8H,4H2,1-3H3,(H,18,22)(H,19,20,21). The number of ether oxygens (including phenoxy) is 1. The molecule has 0 spiro atoms. The lowest BCUT2D eigenvalue weighted by Gasteiger charge is -2.09. The van der Waals surface area contributed by atoms with Crippen molar-refractivity contribution in [2.75, 3.05) is 12.4 Å². The van der Waals surface area contributed by atoms with Crippen molar-refractivity contribution >= 4 is 33.1 Å². The first-order chi connectivity index (χ1) is 11.5. The topological polar surface area (TPSA) is 84.1 Å². The lowest BCUT2D eigenvalue weighted by atomic mass is 10.2. The highest BCUT2D eigenvalue weighted by Gasteiger charge is 2.20. The van der Waals surface area contributed by atoms with Crippen molar-refractivity contribution in [2.45, 2.75) is 20.3 Å². The monoisotopic (exact) mass is 343 g/mol. The number of fused-ring (bicyclic) bond motifs is 1. The average Bonchev–Trinajstić information content (AvgIpc) is 2.92. The van der Waals surface area contributed by atoms with E-state index < -0.39 is 0 Å². The van der Waals surface area contributed by atoms with Crippen LogP contribution in [0.3, 0.4) is 0 Å². The predicted molar refractivity (Wildman–Crippen MR) is 95.3 cm³/mol. The summed E-state index contributed by atoms with van der Waals surface area (Å²) < 4.78 is 5.24. The van der Waals surface area contributed by atoms with Crippen LogP contribution in [0.1, 0.15) is 28.0 Å². The quantitative estimate of drug-likeness (QED) is 0.762. The lowest BCUT2D eigenvalue weighted by molar-refractivity contribution is 0.102. The van der Waals surface area contributed by atoms with Crippen LogP contribution < -0.4 is 15.6 Å². The van der Waals surface area contributed by atoms with E-state index >= 15 is 0 Å². The maximum absolute atomic E-state index is 12.6. The number of anilines is 1. The van der Waals surface area contributed by atoms with Gasteiger partial charge in [-0.3, -0.25) is 9.59 Å². The molecule has 24 heavy (non-hydrogen) atoms. The highest BCUT2D eigenvalue weighted by molar-refractivity contribution is 7.20. The minimum Gasteiger partial charge on any atom is -0.495 e. The number of rotatable bonds is 4. The van der Waals surface area contributed by atoms with E-state index in [-0.39, 0.29) is 11.5 Å². The van der Waals surface area contributed by atoms with E-state index in [2.05, 4.69) is 15.3 Å². The van der Waals surface area contributed by atoms with Crippen molar-refractivity contribution in [1.82, 2.24) is 9.97 Å². The first-order valence-corrected chi connectivity index (χ1v) is 8.33. The van der Waals surface area contributed by atoms with Crippen LogP contribution in [-0.2, 0) is 6.42 Å². The molecular weight excluding hydrogens is 326 g/mol. The summed E-state index contributed by atoms with van der Waals surface area (Å²) in [5, 5.41) is 3.31. The van der Waals surface area contributed by atoms with Gasteiger partial charge in [0.2, 0.25) is 0 Å². The van der Waals surface area contributed by atoms with Gasteiger partial charge in [-0.15, -0.1) is 11.3 Å². The molecule has 124 valence electrons. The Morgan fingerprint density at radius 1 is 1.38 bits per heavy atom. The van der Waals surface area contributed by atoms with Gasteiger partial charge in [-0.05, 0) is 24.6 Å². The molecule has 0 aliphatic rings. The molecule has 1 aromatic carbocycles. The molecule has 0 radical (unpaired) electrons. The van der Waals surface area contributed by atoms with Crippen LogP contribution in [-0.4, -0.2) is 23.0 Å². The number of nitrogens with zero attached hydrogens (tertiary/aromatic N) is 1. The molecule has 0 fully saturated rings. The third kappa shape index (κ3) is 2.78. The number of thiophene rings is 1. The molecule has 0 atom stereocenters. The van der Waals surface area contributed by atoms with E-state index in [1.807, 2.05) is 19.1 Å². The van der Waals surface area contributed by atoms with E-state index in [1.165, 1.54) is 11.3 Å². The number of nitrogens with one attached hydrogen (secondary N) is 2. The third-order valence-corrected chi connectivity index (χ3v) is 4.93. The van der Waals surface area contributed by atoms with E-state index in [0.717, 1.165) is 0 Å². The number of aromatic nitrogens is 2. The summed E-state index contributed by atoms with van der Waals surface area (Å²) in [4.78, 5) is 33.1. The van der Waals surface area contributed by atoms with Gasteiger partial charge in [0, 0.05) is 6.42 Å². The molecule has 3 rings (SSSR count). The smallest absolute Gasteiger partial charge is 0.266 e. The number of carbonyl (C=O) groups is 1. The first kappa shape index (κ1) is 16.2. The Morgan fingerprint density at radius 3 is 2.83 bits per heavy atom. The minimum absolute atomic E-state index is 0.207. The van der Waals surface area contributed by atoms with Crippen LogP contribution in [0.25, 0.3) is 10.2 Å². The minimum atomic E-state index is -0.280. The highest BCUT2D eigenvalue weighted by atomic mass is 32.1. The summed E-state index contributed by atoms with van der Waals surface area (Å²) in [6.45, 7) is 3.68. The SMILES string of the molecule is CCc1nc2sc(C(=O)Nc3ccccc3OC)c(C)c2c(=O)[nH]1. The number of aryl methyl sites for hydroxylation is 2. The van der Waals surface area contributed by atoms with Gasteiger partial charge in [0.05, 0.1) is 23.1 Å². The van der Waals surface area contributed by atoms with Gasteiger partial charge in [-0.1, -0.05) is 19.1 Å². The van der Waals surface area contributed by atoms with Crippen LogP contribution >= 0.6 is 11.3 Å². The second-order valence-electron chi connectivity index (χ2n) is 5.26. The zero-order valence-corrected chi connectivity index (χ0v) is 14.4. The Bertz CT molecular complexity index is 975. The molecule has 0 saturated carbocycles. The maximum atomic E-state index is 12.6. The summed E-state index contributed by atoms with van der Waals surface area (Å²) >= 11 is 1.22. The van der Waals surface area contributed by atoms with Crippen LogP contribution in [0.2, 0.25) is 0 Å². The highest BCUT2D eigenvalue weighted by Crippen LogP contribution is 2.29. The van der Waals surface area contributed by atoms with Crippen molar-refractivity contribution in [1.29, 1.82) is 0 Å². The molecule has 2 heterocycles. The number of benzene rings is 1. The number of H-pyrrole nitrogens is 1. The fraction of sp³-hybridized carbons (Fsp3) is 0.235. The molecule has 0 saturated heterocycles. The fourth-order valence-electron chi connectivity index (χ4n) is 2.50. The molecule has 2 N–H and O–H groups in total. The number of carbonyl (C=O) groups excluding carboxylic acids is 1. The Kier molecular flexibility index (Phi) is 4.35. The van der Waals surface area contributed by atoms with Gasteiger partial charge >= 0.3 is 0 Å². The molecule has 0 unspecified atom stereocenters. The van der Waals surface area contributed by atoms with Crippen LogP contribution in [0.4, 0.5) is 5.69 Å². The summed E-state index contributed by atoms with van der Waals surface area (Å²) in [5.41, 5.74) is 1.01. The molecule has 0 aliphatic carbocycles. The molecule has 0 aliphatic heterocycles. The zero-order valence-electron chi connectivity index (χ0n) is 13.6. The summed E-state index contributed by atoms with van der Waals surface area (Å²) in [7, 11) is 1.55. The lowest BCUT2D eigenvalue weighted by Crippen LogP contribution is -2.13. The van der Waals surface area contributed by atoms with E-state index in [4.69, 9.17) is 4.74 Å². The molecule has 0 bridgehead atoms. The number of amides is 1. The summed E-state index contributed by atoms with van der Waals surface area (Å²) in [6.07, 6.45) is 0.630. The Hall–Kier alpha value is -2.67. The summed E-state index contributed by atoms with van der Waals surface area (Å²) in [5.74, 6) is 0.914. The third-order valence-electron chi connectivity index (χ3n) is 3.75. The second kappa shape index (κ2) is 6.45. The Morgan fingerprint density at radius 2 is 2.12 bits per heavy atom. The van der Waals surface area contributed by atoms with Crippen molar-refractivity contribution in [3.05, 3.63) is 50.9 Å². The average molecular weight is 343 g/mol. The number of hydrogen-bond acceptors (Lipinski definition) is 5. The molecule has 1 amide bonds. The van der Waals surface area contributed by atoms with Crippen LogP contribution in [0.15, 0.2) is 29.1 Å². The number of para-hydroxylation sites is 2. The van der Waals surface area contributed by atoms with Crippen molar-refractivity contribution in [2.24, 2.45) is 0 Å². The molecular formula is C17H17N3O3S. The Labute approximate surface area is 142 Å². The summed E-state index contributed by atoms with van der Waals surface area (Å²) in [6, 6.07) is 7.18. The van der Waals surface area contributed by atoms with Gasteiger partial charge in [-0.25, -0.2) is 4.98 Å². The Balaban J connectivity index is 2.03. The largest absolute Gasteiger partial charge is 0.495 e. The van der Waals surface area contributed by atoms with Gasteiger partial charge in [0.25, 0.3) is 11.5 Å². The predicted octanol–water partition coefficient (Wildman–Crippen LogP) is 3.12. The van der Waals surface area contributed by atoms with Gasteiger partial charge < -0.3 is 15.0 Å². The first-order valence-electron chi connectivity index (χ1n) is 7.51. The van der Waals surface area contributed by atoms with E-state index in [1.54, 1.807) is 26.2 Å². The second-order valence-corrected chi connectivity index (χ2v) is 6.26. The molecule has 6 nitrogen and oxygen atoms in total. The van der Waals surface area contributed by atoms with Gasteiger partial charge in [0.1, 0.15) is 16.4 Å². The number of methoxy groups -OCH3 is 1. The number of hydrogen-bond donors (Lipinski definition) is 2. The normalized spacial score (nSPS) is 10.8. The van der Waals surface area contributed by atoms with Gasteiger partial charge in [0.15, 0.2) is 0 Å². The molecule has 3 aromatic rings. The van der Waals surface area contributed by atoms with E-state index in [9.17, 15) is 9.59 Å². The van der Waals surface area contributed by atoms with Crippen molar-refractivity contribution < 1.29 is 9.53 Å². The maximum Gasteiger partial charge on any atom is 0.266 e. The molecule has 2 aromatic heterocycles. The van der Waals surface area contributed by atoms with Crippen LogP contribution in [0.5, 0.6) is 5.75 Å². The zero-order chi connectivity index (χ0) is 17.3. The fourth-order valence-corrected chi connectivity index (χ4v) is 3.60. The van der Waals surface area contributed by atoms with Gasteiger partial charge in [-0.2, -0.15) is 0 Å². The molecule has 7 heteroatoms.